The van der Waals surface area contributed by atoms with Crippen molar-refractivity contribution in [2.24, 2.45) is 0 Å². The Morgan fingerprint density at radius 3 is 2.38 bits per heavy atom. The fourth-order valence-corrected chi connectivity index (χ4v) is 1.67. The lowest BCUT2D eigenvalue weighted by Gasteiger charge is -2.27. The molecule has 3 heteroatoms. The molecule has 0 aromatic heterocycles. The van der Waals surface area contributed by atoms with E-state index >= 15 is 0 Å². The number of nitrogens with zero attached hydrogens (tertiary/aromatic N) is 1. The number of piperidine rings is 1. The van der Waals surface area contributed by atoms with E-state index in [9.17, 15) is 4.79 Å². The van der Waals surface area contributed by atoms with Crippen LogP contribution >= 0.6 is 15.9 Å². The van der Waals surface area contributed by atoms with Gasteiger partial charge in [0.05, 0.1) is 0 Å². The monoisotopic (exact) mass is 245 g/mol. The number of rotatable bonds is 2. The van der Waals surface area contributed by atoms with Crippen LogP contribution in [0.5, 0.6) is 0 Å². The summed E-state index contributed by atoms with van der Waals surface area (Å²) in [6.45, 7) is 7.53. The van der Waals surface area contributed by atoms with Crippen LogP contribution in [0, 0.1) is 0 Å². The minimum Gasteiger partial charge on any atom is -0.339 e. The lowest BCUT2D eigenvalue weighted by molar-refractivity contribution is -0.128. The molecule has 1 unspecified atom stereocenters. The Bertz CT molecular complexity index is 207. The summed E-state index contributed by atoms with van der Waals surface area (Å²) in [5, 5.41) is 0. The normalized spacial score (nSPS) is 19.7. The van der Waals surface area contributed by atoms with E-state index in [0.717, 1.165) is 25.9 Å². The van der Waals surface area contributed by atoms with Crippen molar-refractivity contribution in [3.63, 3.8) is 0 Å². The molecule has 1 amide bonds. The van der Waals surface area contributed by atoms with E-state index in [0.29, 0.717) is 5.57 Å². The number of halogens is 1. The lowest BCUT2D eigenvalue weighted by atomic mass is 10.1. The van der Waals surface area contributed by atoms with Crippen LogP contribution in [0.2, 0.25) is 0 Å². The highest BCUT2D eigenvalue weighted by molar-refractivity contribution is 9.09. The van der Waals surface area contributed by atoms with Crippen molar-refractivity contribution in [2.75, 3.05) is 13.1 Å². The van der Waals surface area contributed by atoms with E-state index < -0.39 is 0 Å². The summed E-state index contributed by atoms with van der Waals surface area (Å²) < 4.78 is 0. The van der Waals surface area contributed by atoms with E-state index in [1.54, 1.807) is 0 Å². The lowest BCUT2D eigenvalue weighted by Crippen LogP contribution is -2.37. The van der Waals surface area contributed by atoms with Gasteiger partial charge in [-0.3, -0.25) is 4.79 Å². The third-order valence-corrected chi connectivity index (χ3v) is 2.95. The Kier molecular flexibility index (Phi) is 3.97. The maximum absolute atomic E-state index is 11.7. The molecular formula is C10H16BrNO. The van der Waals surface area contributed by atoms with Crippen molar-refractivity contribution >= 4 is 21.8 Å². The molecule has 0 bridgehead atoms. The Hall–Kier alpha value is -0.310. The molecule has 1 atom stereocenters. The molecule has 0 aromatic rings. The SMILES string of the molecule is C=C(C(=O)N1CCCCC1)C(C)Br. The predicted molar refractivity (Wildman–Crippen MR) is 58.0 cm³/mol. The first-order chi connectivity index (χ1) is 6.13. The van der Waals surface area contributed by atoms with E-state index in [1.807, 2.05) is 11.8 Å². The third kappa shape index (κ3) is 2.83. The van der Waals surface area contributed by atoms with Gasteiger partial charge in [-0.2, -0.15) is 0 Å². The number of amides is 1. The van der Waals surface area contributed by atoms with Gasteiger partial charge in [-0.25, -0.2) is 0 Å². The summed E-state index contributed by atoms with van der Waals surface area (Å²) in [6.07, 6.45) is 3.52. The zero-order valence-corrected chi connectivity index (χ0v) is 9.64. The second-order valence-electron chi connectivity index (χ2n) is 3.49. The molecule has 0 radical (unpaired) electrons. The van der Waals surface area contributed by atoms with Crippen molar-refractivity contribution in [2.45, 2.75) is 31.0 Å². The molecule has 0 aromatic carbocycles. The van der Waals surface area contributed by atoms with Gasteiger partial charge in [0, 0.05) is 23.5 Å². The van der Waals surface area contributed by atoms with Gasteiger partial charge in [-0.05, 0) is 26.2 Å². The highest BCUT2D eigenvalue weighted by Gasteiger charge is 2.20. The zero-order chi connectivity index (χ0) is 9.84. The van der Waals surface area contributed by atoms with Gasteiger partial charge >= 0.3 is 0 Å². The Balaban J connectivity index is 2.50. The smallest absolute Gasteiger partial charge is 0.250 e. The van der Waals surface area contributed by atoms with Crippen LogP contribution in [0.4, 0.5) is 0 Å². The topological polar surface area (TPSA) is 20.3 Å². The summed E-state index contributed by atoms with van der Waals surface area (Å²) in [7, 11) is 0. The van der Waals surface area contributed by atoms with Gasteiger partial charge in [-0.15, -0.1) is 0 Å². The van der Waals surface area contributed by atoms with Crippen LogP contribution in [-0.4, -0.2) is 28.7 Å². The van der Waals surface area contributed by atoms with Crippen molar-refractivity contribution in [3.8, 4) is 0 Å². The predicted octanol–water partition coefficient (Wildman–Crippen LogP) is 2.34. The van der Waals surface area contributed by atoms with Gasteiger partial charge in [0.2, 0.25) is 5.91 Å². The van der Waals surface area contributed by atoms with Crippen LogP contribution in [0.15, 0.2) is 12.2 Å². The van der Waals surface area contributed by atoms with Crippen molar-refractivity contribution < 1.29 is 4.79 Å². The molecule has 0 spiro atoms. The van der Waals surface area contributed by atoms with Gasteiger partial charge in [0.25, 0.3) is 0 Å². The summed E-state index contributed by atoms with van der Waals surface area (Å²) >= 11 is 3.36. The molecule has 1 aliphatic heterocycles. The number of hydrogen-bond acceptors (Lipinski definition) is 1. The van der Waals surface area contributed by atoms with E-state index in [1.165, 1.54) is 6.42 Å². The molecule has 13 heavy (non-hydrogen) atoms. The number of hydrogen-bond donors (Lipinski definition) is 0. The molecule has 0 saturated carbocycles. The molecule has 1 rings (SSSR count). The van der Waals surface area contributed by atoms with Gasteiger partial charge < -0.3 is 4.90 Å². The molecule has 1 saturated heterocycles. The van der Waals surface area contributed by atoms with Crippen molar-refractivity contribution in [1.29, 1.82) is 0 Å². The highest BCUT2D eigenvalue weighted by atomic mass is 79.9. The zero-order valence-electron chi connectivity index (χ0n) is 8.05. The van der Waals surface area contributed by atoms with E-state index in [2.05, 4.69) is 22.5 Å². The molecule has 1 heterocycles. The van der Waals surface area contributed by atoms with Crippen LogP contribution in [0.3, 0.4) is 0 Å². The number of alkyl halides is 1. The van der Waals surface area contributed by atoms with Gasteiger partial charge in [-0.1, -0.05) is 22.5 Å². The first kappa shape index (κ1) is 10.8. The minimum absolute atomic E-state index is 0.0851. The van der Waals surface area contributed by atoms with E-state index in [4.69, 9.17) is 0 Å². The molecule has 1 fully saturated rings. The maximum Gasteiger partial charge on any atom is 0.250 e. The standard InChI is InChI=1S/C10H16BrNO/c1-8(9(2)11)10(13)12-6-4-3-5-7-12/h9H,1,3-7H2,2H3. The largest absolute Gasteiger partial charge is 0.339 e. The van der Waals surface area contributed by atoms with Crippen molar-refractivity contribution in [3.05, 3.63) is 12.2 Å². The van der Waals surface area contributed by atoms with Crippen LogP contribution in [0.1, 0.15) is 26.2 Å². The summed E-state index contributed by atoms with van der Waals surface area (Å²) in [5.74, 6) is 0.115. The molecule has 74 valence electrons. The summed E-state index contributed by atoms with van der Waals surface area (Å²) in [5.41, 5.74) is 0.668. The van der Waals surface area contributed by atoms with Crippen LogP contribution in [-0.2, 0) is 4.79 Å². The number of likely N-dealkylation sites (tertiary alicyclic amines) is 1. The first-order valence-electron chi connectivity index (χ1n) is 4.75. The summed E-state index contributed by atoms with van der Waals surface area (Å²) in [4.78, 5) is 13.7. The second kappa shape index (κ2) is 4.80. The minimum atomic E-state index is 0.0851. The fraction of sp³-hybridized carbons (Fsp3) is 0.700. The Morgan fingerprint density at radius 2 is 1.92 bits per heavy atom. The third-order valence-electron chi connectivity index (χ3n) is 2.40. The highest BCUT2D eigenvalue weighted by Crippen LogP contribution is 2.16. The number of carbonyl (C=O) groups excluding carboxylic acids is 1. The second-order valence-corrected chi connectivity index (χ2v) is 4.87. The Morgan fingerprint density at radius 1 is 1.38 bits per heavy atom. The van der Waals surface area contributed by atoms with Crippen molar-refractivity contribution in [1.82, 2.24) is 4.90 Å². The quantitative estimate of drug-likeness (QED) is 0.541. The molecule has 1 aliphatic rings. The fourth-order valence-electron chi connectivity index (χ4n) is 1.47. The number of carbonyl (C=O) groups is 1. The molecule has 0 N–H and O–H groups in total. The van der Waals surface area contributed by atoms with E-state index in [-0.39, 0.29) is 10.7 Å². The van der Waals surface area contributed by atoms with Gasteiger partial charge in [0.1, 0.15) is 0 Å². The molecular weight excluding hydrogens is 230 g/mol. The van der Waals surface area contributed by atoms with Crippen LogP contribution in [0.25, 0.3) is 0 Å². The Labute approximate surface area is 88.1 Å². The van der Waals surface area contributed by atoms with Crippen LogP contribution < -0.4 is 0 Å². The molecule has 2 nitrogen and oxygen atoms in total. The maximum atomic E-state index is 11.7. The summed E-state index contributed by atoms with van der Waals surface area (Å²) in [6, 6.07) is 0. The average molecular weight is 246 g/mol. The van der Waals surface area contributed by atoms with Gasteiger partial charge in [0.15, 0.2) is 0 Å². The first-order valence-corrected chi connectivity index (χ1v) is 5.66. The average Bonchev–Trinajstić information content (AvgIpc) is 2.17. The molecule has 0 aliphatic carbocycles.